The number of nitro groups is 1. The monoisotopic (exact) mass is 292 g/mol. The molecule has 0 saturated carbocycles. The molecule has 1 fully saturated rings. The molecule has 1 heterocycles. The van der Waals surface area contributed by atoms with Gasteiger partial charge in [0.1, 0.15) is 0 Å². The number of carbonyl (C=O) groups excluding carboxylic acids is 1. The van der Waals surface area contributed by atoms with E-state index in [2.05, 4.69) is 0 Å². The first kappa shape index (κ1) is 15.0. The Morgan fingerprint density at radius 1 is 1.33 bits per heavy atom. The highest BCUT2D eigenvalue weighted by Crippen LogP contribution is 2.18. The predicted molar refractivity (Wildman–Crippen MR) is 73.7 cm³/mol. The molecule has 1 aliphatic heterocycles. The van der Waals surface area contributed by atoms with Gasteiger partial charge < -0.3 is 10.0 Å². The second-order valence-electron chi connectivity index (χ2n) is 5.12. The summed E-state index contributed by atoms with van der Waals surface area (Å²) in [6.45, 7) is 0.802. The van der Waals surface area contributed by atoms with Gasteiger partial charge in [0.15, 0.2) is 0 Å². The normalized spacial score (nSPS) is 18.3. The third kappa shape index (κ3) is 3.77. The number of rotatable bonds is 4. The van der Waals surface area contributed by atoms with Gasteiger partial charge in [-0.25, -0.2) is 0 Å². The Hall–Kier alpha value is -2.44. The van der Waals surface area contributed by atoms with Crippen LogP contribution >= 0.6 is 0 Å². The maximum atomic E-state index is 12.2. The average Bonchev–Trinajstić information content (AvgIpc) is 2.48. The van der Waals surface area contributed by atoms with Crippen LogP contribution in [-0.4, -0.2) is 39.9 Å². The number of carboxylic acid groups (broad SMARTS) is 1. The van der Waals surface area contributed by atoms with E-state index in [1.165, 1.54) is 12.1 Å². The summed E-state index contributed by atoms with van der Waals surface area (Å²) in [7, 11) is 0. The second kappa shape index (κ2) is 6.34. The lowest BCUT2D eigenvalue weighted by Crippen LogP contribution is -2.42. The summed E-state index contributed by atoms with van der Waals surface area (Å²) in [5.74, 6) is -1.52. The molecular weight excluding hydrogens is 276 g/mol. The van der Waals surface area contributed by atoms with Gasteiger partial charge in [-0.15, -0.1) is 0 Å². The molecule has 0 radical (unpaired) electrons. The van der Waals surface area contributed by atoms with Crippen LogP contribution in [0.4, 0.5) is 5.69 Å². The van der Waals surface area contributed by atoms with Gasteiger partial charge >= 0.3 is 5.97 Å². The first-order valence-electron chi connectivity index (χ1n) is 6.71. The average molecular weight is 292 g/mol. The fourth-order valence-electron chi connectivity index (χ4n) is 2.43. The van der Waals surface area contributed by atoms with Gasteiger partial charge in [-0.2, -0.15) is 0 Å². The van der Waals surface area contributed by atoms with Crippen LogP contribution < -0.4 is 0 Å². The van der Waals surface area contributed by atoms with Crippen molar-refractivity contribution in [3.05, 3.63) is 39.9 Å². The number of amides is 1. The maximum Gasteiger partial charge on any atom is 0.308 e. The summed E-state index contributed by atoms with van der Waals surface area (Å²) >= 11 is 0. The van der Waals surface area contributed by atoms with E-state index in [9.17, 15) is 19.7 Å². The topological polar surface area (TPSA) is 101 Å². The SMILES string of the molecule is O=C(O)[C@@H]1CCCN(C(=O)Cc2ccc([N+](=O)[O-])cc2)C1. The van der Waals surface area contributed by atoms with Crippen LogP contribution in [0.25, 0.3) is 0 Å². The van der Waals surface area contributed by atoms with Crippen LogP contribution in [0.15, 0.2) is 24.3 Å². The van der Waals surface area contributed by atoms with Crippen molar-refractivity contribution in [1.29, 1.82) is 0 Å². The Bertz CT molecular complexity index is 555. The number of carboxylic acids is 1. The third-order valence-electron chi connectivity index (χ3n) is 3.63. The molecule has 2 rings (SSSR count). The van der Waals surface area contributed by atoms with Gasteiger partial charge in [-0.05, 0) is 18.4 Å². The first-order valence-corrected chi connectivity index (χ1v) is 6.71. The van der Waals surface area contributed by atoms with Crippen LogP contribution in [0.3, 0.4) is 0 Å². The van der Waals surface area contributed by atoms with Crippen LogP contribution in [0.2, 0.25) is 0 Å². The molecule has 0 spiro atoms. The molecule has 0 aromatic heterocycles. The minimum atomic E-state index is -0.872. The summed E-state index contributed by atoms with van der Waals surface area (Å²) in [6, 6.07) is 5.82. The lowest BCUT2D eigenvalue weighted by atomic mass is 9.97. The minimum Gasteiger partial charge on any atom is -0.481 e. The van der Waals surface area contributed by atoms with Crippen molar-refractivity contribution in [3.63, 3.8) is 0 Å². The van der Waals surface area contributed by atoms with Gasteiger partial charge in [0.2, 0.25) is 5.91 Å². The number of non-ortho nitro benzene ring substituents is 1. The summed E-state index contributed by atoms with van der Waals surface area (Å²) in [5, 5.41) is 19.6. The number of piperidine rings is 1. The van der Waals surface area contributed by atoms with Gasteiger partial charge in [0.25, 0.3) is 5.69 Å². The Balaban J connectivity index is 1.97. The van der Waals surface area contributed by atoms with E-state index in [1.807, 2.05) is 0 Å². The first-order chi connectivity index (χ1) is 9.97. The van der Waals surface area contributed by atoms with E-state index in [1.54, 1.807) is 17.0 Å². The molecular formula is C14H16N2O5. The highest BCUT2D eigenvalue weighted by Gasteiger charge is 2.27. The van der Waals surface area contributed by atoms with Crippen molar-refractivity contribution < 1.29 is 19.6 Å². The number of aliphatic carboxylic acids is 1. The smallest absolute Gasteiger partial charge is 0.308 e. The highest BCUT2D eigenvalue weighted by molar-refractivity contribution is 5.80. The van der Waals surface area contributed by atoms with Crippen molar-refractivity contribution in [1.82, 2.24) is 4.90 Å². The predicted octanol–water partition coefficient (Wildman–Crippen LogP) is 1.46. The van der Waals surface area contributed by atoms with Crippen LogP contribution in [0.5, 0.6) is 0 Å². The van der Waals surface area contributed by atoms with Crippen molar-refractivity contribution in [2.45, 2.75) is 19.3 Å². The van der Waals surface area contributed by atoms with Crippen molar-refractivity contribution in [2.24, 2.45) is 5.92 Å². The Kier molecular flexibility index (Phi) is 4.52. The highest BCUT2D eigenvalue weighted by atomic mass is 16.6. The largest absolute Gasteiger partial charge is 0.481 e. The molecule has 7 heteroatoms. The van der Waals surface area contributed by atoms with Crippen molar-refractivity contribution in [2.75, 3.05) is 13.1 Å². The summed E-state index contributed by atoms with van der Waals surface area (Å²) in [4.78, 5) is 34.8. The molecule has 1 aromatic rings. The molecule has 1 atom stereocenters. The quantitative estimate of drug-likeness (QED) is 0.668. The zero-order valence-electron chi connectivity index (χ0n) is 11.4. The second-order valence-corrected chi connectivity index (χ2v) is 5.12. The van der Waals surface area contributed by atoms with Crippen LogP contribution in [0.1, 0.15) is 18.4 Å². The third-order valence-corrected chi connectivity index (χ3v) is 3.63. The molecule has 112 valence electrons. The number of nitrogens with zero attached hydrogens (tertiary/aromatic N) is 2. The van der Waals surface area contributed by atoms with E-state index >= 15 is 0 Å². The van der Waals surface area contributed by atoms with E-state index in [0.717, 1.165) is 0 Å². The number of benzene rings is 1. The fourth-order valence-corrected chi connectivity index (χ4v) is 2.43. The van der Waals surface area contributed by atoms with Gasteiger partial charge in [0, 0.05) is 25.2 Å². The molecule has 7 nitrogen and oxygen atoms in total. The van der Waals surface area contributed by atoms with E-state index in [4.69, 9.17) is 5.11 Å². The van der Waals surface area contributed by atoms with E-state index < -0.39 is 16.8 Å². The molecule has 1 aliphatic rings. The molecule has 0 bridgehead atoms. The zero-order valence-corrected chi connectivity index (χ0v) is 11.4. The molecule has 1 N–H and O–H groups in total. The van der Waals surface area contributed by atoms with Crippen LogP contribution in [0, 0.1) is 16.0 Å². The summed E-state index contributed by atoms with van der Waals surface area (Å²) < 4.78 is 0. The molecule has 1 amide bonds. The maximum absolute atomic E-state index is 12.2. The lowest BCUT2D eigenvalue weighted by molar-refractivity contribution is -0.384. The van der Waals surface area contributed by atoms with Gasteiger partial charge in [0.05, 0.1) is 17.3 Å². The molecule has 1 saturated heterocycles. The number of likely N-dealkylation sites (tertiary alicyclic amines) is 1. The van der Waals surface area contributed by atoms with E-state index in [-0.39, 0.29) is 24.6 Å². The Morgan fingerprint density at radius 3 is 2.57 bits per heavy atom. The summed E-state index contributed by atoms with van der Waals surface area (Å²) in [6.07, 6.45) is 1.41. The molecule has 0 unspecified atom stereocenters. The van der Waals surface area contributed by atoms with Gasteiger partial charge in [-0.3, -0.25) is 19.7 Å². The number of nitro benzene ring substituents is 1. The number of hydrogen-bond acceptors (Lipinski definition) is 4. The molecule has 0 aliphatic carbocycles. The van der Waals surface area contributed by atoms with Crippen LogP contribution in [-0.2, 0) is 16.0 Å². The standard InChI is InChI=1S/C14H16N2O5/c17-13(15-7-1-2-11(9-15)14(18)19)8-10-3-5-12(6-4-10)16(20)21/h3-6,11H,1-2,7-9H2,(H,18,19)/t11-/m1/s1. The van der Waals surface area contributed by atoms with Gasteiger partial charge in [-0.1, -0.05) is 12.1 Å². The van der Waals surface area contributed by atoms with E-state index in [0.29, 0.717) is 24.9 Å². The van der Waals surface area contributed by atoms with Crippen molar-refractivity contribution in [3.8, 4) is 0 Å². The lowest BCUT2D eigenvalue weighted by Gasteiger charge is -2.30. The molecule has 1 aromatic carbocycles. The summed E-state index contributed by atoms with van der Waals surface area (Å²) in [5.41, 5.74) is 0.665. The van der Waals surface area contributed by atoms with Crippen molar-refractivity contribution >= 4 is 17.6 Å². The Morgan fingerprint density at radius 2 is 2.00 bits per heavy atom. The fraction of sp³-hybridized carbons (Fsp3) is 0.429. The Labute approximate surface area is 121 Å². The zero-order chi connectivity index (χ0) is 15.4. The number of hydrogen-bond donors (Lipinski definition) is 1. The minimum absolute atomic E-state index is 0.0184. The number of carbonyl (C=O) groups is 2. The molecule has 21 heavy (non-hydrogen) atoms.